The summed E-state index contributed by atoms with van der Waals surface area (Å²) in [6, 6.07) is 2.13. The van der Waals surface area contributed by atoms with Gasteiger partial charge in [0.2, 0.25) is 0 Å². The highest BCUT2D eigenvalue weighted by molar-refractivity contribution is 6.31. The zero-order valence-corrected chi connectivity index (χ0v) is 12.2. The van der Waals surface area contributed by atoms with E-state index in [0.717, 1.165) is 25.2 Å². The Bertz CT molecular complexity index is 452. The summed E-state index contributed by atoms with van der Waals surface area (Å²) in [6.45, 7) is 3.04. The number of Topliss-reactive ketones (excluding diaryl/α,β-unsaturated/α-hetero) is 1. The second kappa shape index (κ2) is 6.46. The summed E-state index contributed by atoms with van der Waals surface area (Å²) in [4.78, 5) is 20.6. The van der Waals surface area contributed by atoms with Gasteiger partial charge >= 0.3 is 0 Å². The fraction of sp³-hybridized carbons (Fsp3) is 0.571. The molecule has 1 aromatic rings. The number of likely N-dealkylation sites (N-methyl/N-ethyl adjacent to an activating group) is 2. The van der Waals surface area contributed by atoms with Gasteiger partial charge in [-0.05, 0) is 25.7 Å². The van der Waals surface area contributed by atoms with Gasteiger partial charge in [0.15, 0.2) is 0 Å². The zero-order valence-electron chi connectivity index (χ0n) is 11.5. The van der Waals surface area contributed by atoms with Crippen molar-refractivity contribution in [1.82, 2.24) is 14.8 Å². The van der Waals surface area contributed by atoms with E-state index in [1.54, 1.807) is 12.4 Å². The maximum atomic E-state index is 12.2. The van der Waals surface area contributed by atoms with Crippen LogP contribution in [0.3, 0.4) is 0 Å². The van der Waals surface area contributed by atoms with Crippen molar-refractivity contribution in [2.75, 3.05) is 33.7 Å². The number of piperazine rings is 1. The molecule has 0 N–H and O–H groups in total. The van der Waals surface area contributed by atoms with Gasteiger partial charge in [0, 0.05) is 50.9 Å². The third-order valence-corrected chi connectivity index (χ3v) is 4.03. The molecule has 0 radical (unpaired) electrons. The van der Waals surface area contributed by atoms with Crippen molar-refractivity contribution in [1.29, 1.82) is 0 Å². The van der Waals surface area contributed by atoms with Crippen molar-refractivity contribution in [2.45, 2.75) is 18.9 Å². The minimum absolute atomic E-state index is 0.236. The van der Waals surface area contributed by atoms with Crippen molar-refractivity contribution in [3.05, 3.63) is 29.0 Å². The van der Waals surface area contributed by atoms with Crippen molar-refractivity contribution < 1.29 is 4.79 Å². The fourth-order valence-corrected chi connectivity index (χ4v) is 2.60. The van der Waals surface area contributed by atoms with Crippen LogP contribution in [0.5, 0.6) is 0 Å². The minimum Gasteiger partial charge on any atom is -0.304 e. The zero-order chi connectivity index (χ0) is 13.8. The number of ketones is 1. The van der Waals surface area contributed by atoms with E-state index >= 15 is 0 Å². The van der Waals surface area contributed by atoms with E-state index in [-0.39, 0.29) is 5.78 Å². The van der Waals surface area contributed by atoms with E-state index < -0.39 is 0 Å². The smallest absolute Gasteiger partial charge is 0.138 e. The molecule has 1 aliphatic rings. The predicted molar refractivity (Wildman–Crippen MR) is 76.5 cm³/mol. The molecule has 2 heterocycles. The van der Waals surface area contributed by atoms with Gasteiger partial charge < -0.3 is 9.80 Å². The molecule has 0 bridgehead atoms. The molecule has 1 atom stereocenters. The first kappa shape index (κ1) is 14.4. The molecular weight excluding hydrogens is 262 g/mol. The molecule has 5 heteroatoms. The summed E-state index contributed by atoms with van der Waals surface area (Å²) in [5.74, 6) is 0.236. The Hall–Kier alpha value is -0.970. The molecule has 1 fully saturated rings. The van der Waals surface area contributed by atoms with E-state index in [1.165, 1.54) is 0 Å². The Morgan fingerprint density at radius 3 is 3.00 bits per heavy atom. The number of carbonyl (C=O) groups is 1. The Labute approximate surface area is 119 Å². The van der Waals surface area contributed by atoms with Gasteiger partial charge in [-0.25, -0.2) is 0 Å². The summed E-state index contributed by atoms with van der Waals surface area (Å²) in [5.41, 5.74) is 0.869. The molecule has 0 saturated carbocycles. The number of hydrogen-bond acceptors (Lipinski definition) is 4. The van der Waals surface area contributed by atoms with Crippen LogP contribution < -0.4 is 0 Å². The van der Waals surface area contributed by atoms with Gasteiger partial charge in [0.05, 0.1) is 5.02 Å². The number of pyridine rings is 1. The Morgan fingerprint density at radius 2 is 2.26 bits per heavy atom. The molecule has 1 aliphatic heterocycles. The monoisotopic (exact) mass is 281 g/mol. The average molecular weight is 282 g/mol. The molecule has 1 unspecified atom stereocenters. The first-order valence-electron chi connectivity index (χ1n) is 6.55. The molecule has 19 heavy (non-hydrogen) atoms. The maximum absolute atomic E-state index is 12.2. The van der Waals surface area contributed by atoms with Crippen LogP contribution in [0.1, 0.15) is 12.0 Å². The van der Waals surface area contributed by atoms with E-state index in [1.807, 2.05) is 6.07 Å². The van der Waals surface area contributed by atoms with Crippen LogP contribution in [-0.2, 0) is 11.2 Å². The van der Waals surface area contributed by atoms with E-state index in [4.69, 9.17) is 11.6 Å². The van der Waals surface area contributed by atoms with E-state index in [9.17, 15) is 4.79 Å². The van der Waals surface area contributed by atoms with Crippen LogP contribution in [0, 0.1) is 0 Å². The molecule has 1 saturated heterocycles. The second-order valence-corrected chi connectivity index (χ2v) is 5.69. The Kier molecular flexibility index (Phi) is 4.91. The van der Waals surface area contributed by atoms with Crippen LogP contribution in [0.4, 0.5) is 0 Å². The van der Waals surface area contributed by atoms with Crippen LogP contribution in [0.25, 0.3) is 0 Å². The van der Waals surface area contributed by atoms with Gasteiger partial charge in [0.1, 0.15) is 5.78 Å². The standard InChI is InChI=1S/C14H20ClN3O/c1-17-5-6-18(2)12(10-17)8-13(19)7-11-3-4-16-9-14(11)15/h3-4,9,12H,5-8,10H2,1-2H3. The number of nitrogens with zero attached hydrogens (tertiary/aromatic N) is 3. The normalized spacial score (nSPS) is 21.5. The second-order valence-electron chi connectivity index (χ2n) is 5.28. The third-order valence-electron chi connectivity index (χ3n) is 3.69. The number of carbonyl (C=O) groups excluding carboxylic acids is 1. The lowest BCUT2D eigenvalue weighted by atomic mass is 10.0. The summed E-state index contributed by atoms with van der Waals surface area (Å²) in [6.07, 6.45) is 4.24. The van der Waals surface area contributed by atoms with Crippen molar-refractivity contribution in [2.24, 2.45) is 0 Å². The Balaban J connectivity index is 1.92. The summed E-state index contributed by atoms with van der Waals surface area (Å²) in [5, 5.41) is 0.574. The van der Waals surface area contributed by atoms with E-state index in [2.05, 4.69) is 28.9 Å². The highest BCUT2D eigenvalue weighted by atomic mass is 35.5. The Morgan fingerprint density at radius 1 is 1.47 bits per heavy atom. The molecule has 0 aliphatic carbocycles. The number of aromatic nitrogens is 1. The number of rotatable bonds is 4. The lowest BCUT2D eigenvalue weighted by Crippen LogP contribution is -2.50. The van der Waals surface area contributed by atoms with Crippen LogP contribution in [0.15, 0.2) is 18.5 Å². The first-order valence-corrected chi connectivity index (χ1v) is 6.93. The summed E-state index contributed by atoms with van der Waals surface area (Å²) >= 11 is 6.03. The quantitative estimate of drug-likeness (QED) is 0.838. The van der Waals surface area contributed by atoms with Gasteiger partial charge in [-0.2, -0.15) is 0 Å². The highest BCUT2D eigenvalue weighted by Gasteiger charge is 2.24. The lowest BCUT2D eigenvalue weighted by Gasteiger charge is -2.37. The molecule has 0 amide bonds. The lowest BCUT2D eigenvalue weighted by molar-refractivity contribution is -0.120. The SMILES string of the molecule is CN1CCN(C)C(CC(=O)Cc2ccncc2Cl)C1. The fourth-order valence-electron chi connectivity index (χ4n) is 2.42. The highest BCUT2D eigenvalue weighted by Crippen LogP contribution is 2.16. The largest absolute Gasteiger partial charge is 0.304 e. The van der Waals surface area contributed by atoms with Gasteiger partial charge in [-0.1, -0.05) is 11.6 Å². The van der Waals surface area contributed by atoms with Crippen LogP contribution >= 0.6 is 11.6 Å². The first-order chi connectivity index (χ1) is 9.06. The van der Waals surface area contributed by atoms with Crippen molar-refractivity contribution in [3.63, 3.8) is 0 Å². The maximum Gasteiger partial charge on any atom is 0.138 e. The molecule has 4 nitrogen and oxygen atoms in total. The molecule has 1 aromatic heterocycles. The molecular formula is C14H20ClN3O. The van der Waals surface area contributed by atoms with Crippen molar-refractivity contribution >= 4 is 17.4 Å². The van der Waals surface area contributed by atoms with Gasteiger partial charge in [-0.15, -0.1) is 0 Å². The van der Waals surface area contributed by atoms with E-state index in [0.29, 0.717) is 23.9 Å². The third kappa shape index (κ3) is 4.00. The van der Waals surface area contributed by atoms with Gasteiger partial charge in [0.25, 0.3) is 0 Å². The molecule has 104 valence electrons. The van der Waals surface area contributed by atoms with Crippen LogP contribution in [0.2, 0.25) is 5.02 Å². The summed E-state index contributed by atoms with van der Waals surface area (Å²) in [7, 11) is 4.19. The van der Waals surface area contributed by atoms with Gasteiger partial charge in [-0.3, -0.25) is 9.78 Å². The van der Waals surface area contributed by atoms with Crippen LogP contribution in [-0.4, -0.2) is 60.3 Å². The summed E-state index contributed by atoms with van der Waals surface area (Å²) < 4.78 is 0. The number of hydrogen-bond donors (Lipinski definition) is 0. The van der Waals surface area contributed by atoms with Crippen molar-refractivity contribution in [3.8, 4) is 0 Å². The minimum atomic E-state index is 0.236. The molecule has 0 spiro atoms. The molecule has 0 aromatic carbocycles. The number of halogens is 1. The topological polar surface area (TPSA) is 36.4 Å². The molecule has 2 rings (SSSR count). The average Bonchev–Trinajstić information content (AvgIpc) is 2.37. The predicted octanol–water partition coefficient (Wildman–Crippen LogP) is 1.48.